The minimum atomic E-state index is -0.194. The molecule has 6 nitrogen and oxygen atoms in total. The van der Waals surface area contributed by atoms with Crippen LogP contribution in [0.3, 0.4) is 0 Å². The number of hydrogen-bond acceptors (Lipinski definition) is 4. The number of H-pyrrole nitrogens is 1. The largest absolute Gasteiger partial charge is 0.369 e. The van der Waals surface area contributed by atoms with E-state index in [-0.39, 0.29) is 23.9 Å². The number of benzene rings is 2. The molecule has 26 heavy (non-hydrogen) atoms. The van der Waals surface area contributed by atoms with Crippen LogP contribution in [0, 0.1) is 0 Å². The molecule has 4 rings (SSSR count). The number of halogens is 1. The van der Waals surface area contributed by atoms with Gasteiger partial charge in [-0.2, -0.15) is 4.98 Å². The highest BCUT2D eigenvalue weighted by Gasteiger charge is 2.10. The summed E-state index contributed by atoms with van der Waals surface area (Å²) < 4.78 is 1.48. The van der Waals surface area contributed by atoms with E-state index in [9.17, 15) is 4.79 Å². The van der Waals surface area contributed by atoms with Gasteiger partial charge in [-0.05, 0) is 23.1 Å². The van der Waals surface area contributed by atoms with Gasteiger partial charge in [-0.3, -0.25) is 9.36 Å². The van der Waals surface area contributed by atoms with Gasteiger partial charge in [0.1, 0.15) is 0 Å². The first-order valence-corrected chi connectivity index (χ1v) is 8.06. The molecule has 4 aromatic rings. The molecule has 0 atom stereocenters. The summed E-state index contributed by atoms with van der Waals surface area (Å²) in [4.78, 5) is 23.4. The van der Waals surface area contributed by atoms with Crippen molar-refractivity contribution in [3.8, 4) is 11.1 Å². The highest BCUT2D eigenvalue weighted by Crippen LogP contribution is 2.19. The number of rotatable bonds is 4. The predicted octanol–water partition coefficient (Wildman–Crippen LogP) is 3.03. The lowest BCUT2D eigenvalue weighted by Gasteiger charge is -2.09. The first-order valence-electron chi connectivity index (χ1n) is 8.06. The molecular formula is C19H18ClN5O. The third-order valence-corrected chi connectivity index (χ3v) is 4.26. The SMILES string of the molecule is Cl.Nc1nc2nc[nH]c2c(=O)n1CCc1ccc(-c2ccccc2)cc1. The number of aryl methyl sites for hydroxylation is 1. The third kappa shape index (κ3) is 3.32. The minimum Gasteiger partial charge on any atom is -0.369 e. The Bertz CT molecular complexity index is 1070. The lowest BCUT2D eigenvalue weighted by Crippen LogP contribution is -2.25. The van der Waals surface area contributed by atoms with Crippen molar-refractivity contribution in [1.29, 1.82) is 0 Å². The summed E-state index contributed by atoms with van der Waals surface area (Å²) in [6.45, 7) is 0.470. The Labute approximate surface area is 156 Å². The molecule has 0 spiro atoms. The average Bonchev–Trinajstić information content (AvgIpc) is 3.11. The lowest BCUT2D eigenvalue weighted by atomic mass is 10.0. The van der Waals surface area contributed by atoms with Crippen LogP contribution in [0.4, 0.5) is 5.95 Å². The molecule has 0 saturated heterocycles. The van der Waals surface area contributed by atoms with Gasteiger partial charge in [0.05, 0.1) is 6.33 Å². The second-order valence-corrected chi connectivity index (χ2v) is 5.84. The standard InChI is InChI=1S/C19H17N5O.ClH/c20-19-23-17-16(21-12-22-17)18(25)24(19)11-10-13-6-8-15(9-7-13)14-4-2-1-3-5-14;/h1-9,12H,10-11H2,(H2,20,23)(H,21,22);1H. The van der Waals surface area contributed by atoms with Gasteiger partial charge in [-0.15, -0.1) is 12.4 Å². The molecular weight excluding hydrogens is 350 g/mol. The Kier molecular flexibility index (Phi) is 5.04. The van der Waals surface area contributed by atoms with Crippen molar-refractivity contribution >= 4 is 29.5 Å². The van der Waals surface area contributed by atoms with Crippen LogP contribution in [0.25, 0.3) is 22.3 Å². The second-order valence-electron chi connectivity index (χ2n) is 5.84. The molecule has 0 aliphatic heterocycles. The fraction of sp³-hybridized carbons (Fsp3) is 0.105. The smallest absolute Gasteiger partial charge is 0.280 e. The van der Waals surface area contributed by atoms with Crippen molar-refractivity contribution in [3.05, 3.63) is 76.8 Å². The molecule has 0 bridgehead atoms. The lowest BCUT2D eigenvalue weighted by molar-refractivity contribution is 0.673. The van der Waals surface area contributed by atoms with Crippen LogP contribution in [-0.2, 0) is 13.0 Å². The van der Waals surface area contributed by atoms with Crippen molar-refractivity contribution in [2.75, 3.05) is 5.73 Å². The van der Waals surface area contributed by atoms with E-state index in [1.807, 2.05) is 18.2 Å². The molecule has 132 valence electrons. The Morgan fingerprint density at radius 2 is 1.69 bits per heavy atom. The Morgan fingerprint density at radius 3 is 2.42 bits per heavy atom. The quantitative estimate of drug-likeness (QED) is 0.580. The molecule has 2 aromatic carbocycles. The fourth-order valence-electron chi connectivity index (χ4n) is 2.89. The number of nitrogens with one attached hydrogen (secondary N) is 1. The fourth-order valence-corrected chi connectivity index (χ4v) is 2.89. The molecule has 0 saturated carbocycles. The maximum Gasteiger partial charge on any atom is 0.280 e. The van der Waals surface area contributed by atoms with Crippen molar-refractivity contribution < 1.29 is 0 Å². The van der Waals surface area contributed by atoms with Crippen LogP contribution in [0.1, 0.15) is 5.56 Å². The number of hydrogen-bond donors (Lipinski definition) is 2. The molecule has 3 N–H and O–H groups in total. The number of aromatic amines is 1. The maximum atomic E-state index is 12.4. The Hall–Kier alpha value is -3.12. The number of nitrogens with two attached hydrogens (primary N) is 1. The molecule has 0 amide bonds. The van der Waals surface area contributed by atoms with E-state index in [0.717, 1.165) is 5.56 Å². The van der Waals surface area contributed by atoms with Crippen LogP contribution in [-0.4, -0.2) is 19.5 Å². The summed E-state index contributed by atoms with van der Waals surface area (Å²) >= 11 is 0. The topological polar surface area (TPSA) is 89.6 Å². The summed E-state index contributed by atoms with van der Waals surface area (Å²) in [5, 5.41) is 0. The molecule has 0 fully saturated rings. The molecule has 2 heterocycles. The van der Waals surface area contributed by atoms with E-state index in [0.29, 0.717) is 24.1 Å². The molecule has 0 aliphatic carbocycles. The zero-order chi connectivity index (χ0) is 17.2. The number of aromatic nitrogens is 4. The number of fused-ring (bicyclic) bond motifs is 1. The van der Waals surface area contributed by atoms with E-state index >= 15 is 0 Å². The maximum absolute atomic E-state index is 12.4. The van der Waals surface area contributed by atoms with E-state index < -0.39 is 0 Å². The molecule has 0 aliphatic rings. The van der Waals surface area contributed by atoms with Gasteiger partial charge in [0.2, 0.25) is 5.95 Å². The molecule has 0 radical (unpaired) electrons. The van der Waals surface area contributed by atoms with Gasteiger partial charge >= 0.3 is 0 Å². The van der Waals surface area contributed by atoms with Crippen molar-refractivity contribution in [2.45, 2.75) is 13.0 Å². The van der Waals surface area contributed by atoms with Crippen LogP contribution < -0.4 is 11.3 Å². The van der Waals surface area contributed by atoms with Crippen molar-refractivity contribution in [2.24, 2.45) is 0 Å². The van der Waals surface area contributed by atoms with Crippen molar-refractivity contribution in [3.63, 3.8) is 0 Å². The van der Waals surface area contributed by atoms with E-state index in [1.54, 1.807) is 0 Å². The summed E-state index contributed by atoms with van der Waals surface area (Å²) in [7, 11) is 0. The van der Waals surface area contributed by atoms with E-state index in [1.165, 1.54) is 22.0 Å². The predicted molar refractivity (Wildman–Crippen MR) is 105 cm³/mol. The Morgan fingerprint density at radius 1 is 1.00 bits per heavy atom. The van der Waals surface area contributed by atoms with Gasteiger partial charge in [-0.25, -0.2) is 4.98 Å². The zero-order valence-corrected chi connectivity index (χ0v) is 14.7. The van der Waals surface area contributed by atoms with Crippen LogP contribution in [0.15, 0.2) is 65.7 Å². The van der Waals surface area contributed by atoms with Gasteiger partial charge in [0, 0.05) is 6.54 Å². The van der Waals surface area contributed by atoms with Gasteiger partial charge in [0.25, 0.3) is 5.56 Å². The highest BCUT2D eigenvalue weighted by molar-refractivity contribution is 5.85. The number of imidazole rings is 1. The average molecular weight is 368 g/mol. The third-order valence-electron chi connectivity index (χ3n) is 4.26. The second kappa shape index (κ2) is 7.41. The number of anilines is 1. The summed E-state index contributed by atoms with van der Waals surface area (Å²) in [6.07, 6.45) is 2.14. The zero-order valence-electron chi connectivity index (χ0n) is 13.9. The van der Waals surface area contributed by atoms with Gasteiger partial charge < -0.3 is 10.7 Å². The summed E-state index contributed by atoms with van der Waals surface area (Å²) in [6, 6.07) is 18.6. The minimum absolute atomic E-state index is 0. The number of nitrogen functional groups attached to an aromatic ring is 1. The summed E-state index contributed by atoms with van der Waals surface area (Å²) in [5.41, 5.74) is 9.94. The normalized spacial score (nSPS) is 10.6. The van der Waals surface area contributed by atoms with Crippen LogP contribution in [0.5, 0.6) is 0 Å². The molecule has 2 aromatic heterocycles. The molecule has 7 heteroatoms. The number of nitrogens with zero attached hydrogens (tertiary/aromatic N) is 3. The van der Waals surface area contributed by atoms with Gasteiger partial charge in [-0.1, -0.05) is 54.6 Å². The van der Waals surface area contributed by atoms with E-state index in [2.05, 4.69) is 51.4 Å². The van der Waals surface area contributed by atoms with Crippen molar-refractivity contribution in [1.82, 2.24) is 19.5 Å². The summed E-state index contributed by atoms with van der Waals surface area (Å²) in [5.74, 6) is 0.186. The van der Waals surface area contributed by atoms with E-state index in [4.69, 9.17) is 5.73 Å². The highest BCUT2D eigenvalue weighted by atomic mass is 35.5. The monoisotopic (exact) mass is 367 g/mol. The first kappa shape index (κ1) is 17.7. The van der Waals surface area contributed by atoms with Crippen LogP contribution >= 0.6 is 12.4 Å². The first-order chi connectivity index (χ1) is 12.2. The van der Waals surface area contributed by atoms with Gasteiger partial charge in [0.15, 0.2) is 11.2 Å². The van der Waals surface area contributed by atoms with Crippen LogP contribution in [0.2, 0.25) is 0 Å². The Balaban J connectivity index is 0.00000196. The molecule has 0 unspecified atom stereocenters.